The quantitative estimate of drug-likeness (QED) is 0.637. The van der Waals surface area contributed by atoms with Crippen molar-refractivity contribution in [2.75, 3.05) is 19.7 Å². The summed E-state index contributed by atoms with van der Waals surface area (Å²) in [5.74, 6) is -0.230. The molecule has 4 N–H and O–H groups in total. The Balaban J connectivity index is 0.00000208. The molecule has 8 heteroatoms. The molecule has 0 aromatic carbocycles. The molecule has 3 rings (SSSR count). The van der Waals surface area contributed by atoms with E-state index in [0.29, 0.717) is 18.8 Å². The van der Waals surface area contributed by atoms with Gasteiger partial charge in [-0.05, 0) is 26.0 Å². The monoisotopic (exact) mass is 354 g/mol. The number of aromatic nitrogens is 2. The lowest BCUT2D eigenvalue weighted by molar-refractivity contribution is -0.0526. The van der Waals surface area contributed by atoms with Gasteiger partial charge in [0.15, 0.2) is 0 Å². The minimum atomic E-state index is -0.892. The van der Waals surface area contributed by atoms with E-state index < -0.39 is 5.60 Å². The second-order valence-electron chi connectivity index (χ2n) is 6.53. The highest BCUT2D eigenvalue weighted by Gasteiger charge is 2.31. The molecule has 1 amide bonds. The van der Waals surface area contributed by atoms with Gasteiger partial charge in [0.25, 0.3) is 5.91 Å². The number of fused-ring (bicyclic) bond motifs is 1. The highest BCUT2D eigenvalue weighted by atomic mass is 35.5. The van der Waals surface area contributed by atoms with Gasteiger partial charge in [-0.2, -0.15) is 0 Å². The van der Waals surface area contributed by atoms with Crippen LogP contribution in [0.25, 0.3) is 10.9 Å². The summed E-state index contributed by atoms with van der Waals surface area (Å²) in [5, 5.41) is 16.9. The van der Waals surface area contributed by atoms with E-state index in [1.165, 1.54) is 0 Å². The zero-order chi connectivity index (χ0) is 16.4. The molecule has 1 aliphatic rings. The van der Waals surface area contributed by atoms with Gasteiger partial charge in [-0.15, -0.1) is 12.4 Å². The van der Waals surface area contributed by atoms with Crippen LogP contribution in [0.15, 0.2) is 24.5 Å². The summed E-state index contributed by atoms with van der Waals surface area (Å²) in [6, 6.07) is 3.50. The van der Waals surface area contributed by atoms with E-state index in [-0.39, 0.29) is 37.1 Å². The molecule has 1 saturated heterocycles. The summed E-state index contributed by atoms with van der Waals surface area (Å²) in [6.45, 7) is 4.88. The van der Waals surface area contributed by atoms with Gasteiger partial charge in [0.2, 0.25) is 0 Å². The van der Waals surface area contributed by atoms with Gasteiger partial charge in [0.1, 0.15) is 5.69 Å². The Morgan fingerprint density at radius 3 is 3.04 bits per heavy atom. The topological polar surface area (TPSA) is 99.3 Å². The summed E-state index contributed by atoms with van der Waals surface area (Å²) in [4.78, 5) is 19.7. The molecule has 3 heterocycles. The number of ether oxygens (including phenoxy) is 1. The van der Waals surface area contributed by atoms with Gasteiger partial charge in [-0.1, -0.05) is 0 Å². The third kappa shape index (κ3) is 4.45. The van der Waals surface area contributed by atoms with Crippen molar-refractivity contribution in [1.29, 1.82) is 0 Å². The number of nitrogens with one attached hydrogen (secondary N) is 3. The molecule has 0 saturated carbocycles. The average Bonchev–Trinajstić information content (AvgIpc) is 3.12. The van der Waals surface area contributed by atoms with Gasteiger partial charge in [0.05, 0.1) is 24.4 Å². The number of aliphatic hydroxyl groups is 1. The molecule has 2 atom stereocenters. The number of amides is 1. The van der Waals surface area contributed by atoms with Crippen molar-refractivity contribution in [1.82, 2.24) is 20.6 Å². The van der Waals surface area contributed by atoms with E-state index in [1.54, 1.807) is 26.1 Å². The molecule has 0 bridgehead atoms. The number of aromatic amines is 1. The molecule has 2 aromatic heterocycles. The number of H-pyrrole nitrogens is 1. The lowest BCUT2D eigenvalue weighted by atomic mass is 10.1. The lowest BCUT2D eigenvalue weighted by Gasteiger charge is -2.24. The van der Waals surface area contributed by atoms with Crippen molar-refractivity contribution in [2.45, 2.75) is 31.6 Å². The van der Waals surface area contributed by atoms with E-state index in [4.69, 9.17) is 4.74 Å². The third-order valence-electron chi connectivity index (χ3n) is 3.79. The minimum absolute atomic E-state index is 0. The van der Waals surface area contributed by atoms with Gasteiger partial charge < -0.3 is 25.5 Å². The van der Waals surface area contributed by atoms with Gasteiger partial charge >= 0.3 is 0 Å². The summed E-state index contributed by atoms with van der Waals surface area (Å²) in [6.07, 6.45) is 3.32. The first-order valence-corrected chi connectivity index (χ1v) is 7.71. The van der Waals surface area contributed by atoms with Crippen LogP contribution in [-0.2, 0) is 4.74 Å². The predicted octanol–water partition coefficient (Wildman–Crippen LogP) is 0.842. The third-order valence-corrected chi connectivity index (χ3v) is 3.79. The largest absolute Gasteiger partial charge is 0.388 e. The van der Waals surface area contributed by atoms with Crippen molar-refractivity contribution >= 4 is 29.2 Å². The molecule has 0 aliphatic carbocycles. The summed E-state index contributed by atoms with van der Waals surface area (Å²) in [7, 11) is 0. The van der Waals surface area contributed by atoms with E-state index in [2.05, 4.69) is 20.6 Å². The Morgan fingerprint density at radius 1 is 1.50 bits per heavy atom. The van der Waals surface area contributed by atoms with Gasteiger partial charge in [0, 0.05) is 36.4 Å². The standard InChI is InChI=1S/C16H22N4O3.ClH/c1-16(2,22)9-23-14-8-17-7-13(14)20-15(21)12-5-11-10(6-19-12)3-4-18-11;/h3-6,13-14,17-18,22H,7-9H2,1-2H3,(H,20,21);1H/t13-,14-;/m1./s1. The number of halogens is 1. The van der Waals surface area contributed by atoms with Crippen LogP contribution in [0.1, 0.15) is 24.3 Å². The first-order valence-electron chi connectivity index (χ1n) is 7.71. The first-order chi connectivity index (χ1) is 10.9. The maximum atomic E-state index is 12.4. The van der Waals surface area contributed by atoms with E-state index in [0.717, 1.165) is 10.9 Å². The normalized spacial score (nSPS) is 20.8. The molecule has 7 nitrogen and oxygen atoms in total. The summed E-state index contributed by atoms with van der Waals surface area (Å²) in [5.41, 5.74) is 0.356. The number of nitrogens with zero attached hydrogens (tertiary/aromatic N) is 1. The smallest absolute Gasteiger partial charge is 0.270 e. The zero-order valence-electron chi connectivity index (χ0n) is 13.7. The van der Waals surface area contributed by atoms with Crippen molar-refractivity contribution in [2.24, 2.45) is 0 Å². The van der Waals surface area contributed by atoms with Crippen LogP contribution in [-0.4, -0.2) is 58.4 Å². The molecule has 1 aliphatic heterocycles. The molecule has 132 valence electrons. The molecular formula is C16H23ClN4O3. The Bertz CT molecular complexity index is 698. The fourth-order valence-electron chi connectivity index (χ4n) is 2.60. The minimum Gasteiger partial charge on any atom is -0.388 e. The highest BCUT2D eigenvalue weighted by Crippen LogP contribution is 2.13. The van der Waals surface area contributed by atoms with E-state index >= 15 is 0 Å². The van der Waals surface area contributed by atoms with Crippen LogP contribution in [0, 0.1) is 0 Å². The average molecular weight is 355 g/mol. The Hall–Kier alpha value is -1.67. The number of pyridine rings is 1. The van der Waals surface area contributed by atoms with Crippen LogP contribution < -0.4 is 10.6 Å². The molecule has 1 fully saturated rings. The number of carbonyl (C=O) groups excluding carboxylic acids is 1. The maximum absolute atomic E-state index is 12.4. The highest BCUT2D eigenvalue weighted by molar-refractivity contribution is 5.95. The van der Waals surface area contributed by atoms with Gasteiger partial charge in [-0.3, -0.25) is 9.78 Å². The number of hydrogen-bond donors (Lipinski definition) is 4. The summed E-state index contributed by atoms with van der Waals surface area (Å²) >= 11 is 0. The number of hydrogen-bond acceptors (Lipinski definition) is 5. The maximum Gasteiger partial charge on any atom is 0.270 e. The van der Waals surface area contributed by atoms with Crippen LogP contribution in [0.2, 0.25) is 0 Å². The second-order valence-corrected chi connectivity index (χ2v) is 6.53. The van der Waals surface area contributed by atoms with Crippen LogP contribution in [0.4, 0.5) is 0 Å². The second kappa shape index (κ2) is 7.48. The van der Waals surface area contributed by atoms with E-state index in [1.807, 2.05) is 12.3 Å². The van der Waals surface area contributed by atoms with Crippen molar-refractivity contribution in [3.63, 3.8) is 0 Å². The molecule has 0 radical (unpaired) electrons. The van der Waals surface area contributed by atoms with Crippen LogP contribution in [0.3, 0.4) is 0 Å². The Labute approximate surface area is 146 Å². The predicted molar refractivity (Wildman–Crippen MR) is 93.5 cm³/mol. The zero-order valence-corrected chi connectivity index (χ0v) is 14.5. The number of carbonyl (C=O) groups is 1. The van der Waals surface area contributed by atoms with Gasteiger partial charge in [-0.25, -0.2) is 0 Å². The Kier molecular flexibility index (Phi) is 5.82. The fourth-order valence-corrected chi connectivity index (χ4v) is 2.60. The lowest BCUT2D eigenvalue weighted by Crippen LogP contribution is -2.45. The molecule has 24 heavy (non-hydrogen) atoms. The number of rotatable bonds is 5. The fraction of sp³-hybridized carbons (Fsp3) is 0.500. The van der Waals surface area contributed by atoms with Crippen molar-refractivity contribution in [3.05, 3.63) is 30.2 Å². The van der Waals surface area contributed by atoms with Crippen LogP contribution in [0.5, 0.6) is 0 Å². The van der Waals surface area contributed by atoms with E-state index in [9.17, 15) is 9.90 Å². The molecular weight excluding hydrogens is 332 g/mol. The first kappa shape index (κ1) is 18.7. The van der Waals surface area contributed by atoms with Crippen LogP contribution >= 0.6 is 12.4 Å². The SMILES string of the molecule is CC(C)(O)CO[C@@H]1CNC[C@H]1NC(=O)c1cc2[nH]ccc2cn1.Cl. The Morgan fingerprint density at radius 2 is 2.29 bits per heavy atom. The van der Waals surface area contributed by atoms with Crippen molar-refractivity contribution in [3.8, 4) is 0 Å². The molecule has 0 unspecified atom stereocenters. The molecule has 0 spiro atoms. The van der Waals surface area contributed by atoms with Crippen molar-refractivity contribution < 1.29 is 14.6 Å². The molecule has 2 aromatic rings. The summed E-state index contributed by atoms with van der Waals surface area (Å²) < 4.78 is 5.72.